The zero-order chi connectivity index (χ0) is 7.84. The maximum Gasteiger partial charge on any atom is 0.312 e. The summed E-state index contributed by atoms with van der Waals surface area (Å²) in [6, 6.07) is 0. The van der Waals surface area contributed by atoms with Crippen molar-refractivity contribution in [1.29, 1.82) is 5.41 Å². The molecule has 0 bridgehead atoms. The van der Waals surface area contributed by atoms with E-state index in [9.17, 15) is 4.39 Å². The minimum atomic E-state index is -0.910. The number of imidazole rings is 1. The van der Waals surface area contributed by atoms with Gasteiger partial charge in [0.2, 0.25) is 0 Å². The van der Waals surface area contributed by atoms with Crippen LogP contribution in [-0.2, 0) is 0 Å². The summed E-state index contributed by atoms with van der Waals surface area (Å²) >= 11 is 0. The SMILES string of the molecule is N=C1N=C(F)[N]c2[nH]cnc21. The van der Waals surface area contributed by atoms with E-state index in [0.717, 1.165) is 0 Å². The molecule has 0 aliphatic carbocycles. The molecule has 0 unspecified atom stereocenters. The average Bonchev–Trinajstić information content (AvgIpc) is 2.34. The van der Waals surface area contributed by atoms with Crippen LogP contribution in [0.3, 0.4) is 0 Å². The number of amidine groups is 2. The maximum atomic E-state index is 12.4. The van der Waals surface area contributed by atoms with Crippen LogP contribution in [0.5, 0.6) is 0 Å². The van der Waals surface area contributed by atoms with Crippen LogP contribution in [0, 0.1) is 5.41 Å². The standard InChI is InChI=1S/C5H3FN5/c6-5-10-3(7)2-4(11-5)9-1-8-2/h1,7H,(H,8,9). The van der Waals surface area contributed by atoms with Gasteiger partial charge in [-0.25, -0.2) is 4.98 Å². The van der Waals surface area contributed by atoms with Gasteiger partial charge in [0, 0.05) is 0 Å². The smallest absolute Gasteiger partial charge is 0.312 e. The molecule has 5 nitrogen and oxygen atoms in total. The molecule has 2 rings (SSSR count). The van der Waals surface area contributed by atoms with Gasteiger partial charge in [0.05, 0.1) is 6.33 Å². The largest absolute Gasteiger partial charge is 0.329 e. The predicted octanol–water partition coefficient (Wildman–Crippen LogP) is 0.310. The van der Waals surface area contributed by atoms with Crippen LogP contribution in [0.1, 0.15) is 5.69 Å². The minimum Gasteiger partial charge on any atom is -0.329 e. The second-order valence-corrected chi connectivity index (χ2v) is 1.94. The summed E-state index contributed by atoms with van der Waals surface area (Å²) < 4.78 is 12.4. The number of hydrogen-bond donors (Lipinski definition) is 2. The number of nitrogens with one attached hydrogen (secondary N) is 2. The lowest BCUT2D eigenvalue weighted by atomic mass is 10.4. The molecular weight excluding hydrogens is 149 g/mol. The van der Waals surface area contributed by atoms with E-state index in [2.05, 4.69) is 20.3 Å². The van der Waals surface area contributed by atoms with E-state index in [-0.39, 0.29) is 17.3 Å². The molecule has 0 saturated carbocycles. The number of hydrogen-bond acceptors (Lipinski definition) is 2. The van der Waals surface area contributed by atoms with Crippen molar-refractivity contribution in [3.63, 3.8) is 0 Å². The summed E-state index contributed by atoms with van der Waals surface area (Å²) in [4.78, 5) is 9.48. The van der Waals surface area contributed by atoms with Crippen molar-refractivity contribution in [3.05, 3.63) is 12.0 Å². The molecule has 1 aliphatic rings. The Morgan fingerprint density at radius 1 is 1.55 bits per heavy atom. The topological polar surface area (TPSA) is 79.0 Å². The first-order valence-electron chi connectivity index (χ1n) is 2.85. The van der Waals surface area contributed by atoms with E-state index in [4.69, 9.17) is 5.41 Å². The third-order valence-electron chi connectivity index (χ3n) is 1.25. The average molecular weight is 152 g/mol. The number of rotatable bonds is 0. The highest BCUT2D eigenvalue weighted by molar-refractivity contribution is 6.08. The van der Waals surface area contributed by atoms with Crippen LogP contribution >= 0.6 is 0 Å². The summed E-state index contributed by atoms with van der Waals surface area (Å²) in [7, 11) is 0. The highest BCUT2D eigenvalue weighted by atomic mass is 19.1. The lowest BCUT2D eigenvalue weighted by Gasteiger charge is -2.03. The first kappa shape index (κ1) is 6.02. The number of aliphatic imine (C=N–C) groups is 1. The van der Waals surface area contributed by atoms with Gasteiger partial charge in [0.1, 0.15) is 0 Å². The molecule has 0 fully saturated rings. The summed E-state index contributed by atoms with van der Waals surface area (Å²) in [5.74, 6) is 0.0521. The molecule has 11 heavy (non-hydrogen) atoms. The van der Waals surface area contributed by atoms with Crippen molar-refractivity contribution in [2.75, 3.05) is 0 Å². The van der Waals surface area contributed by atoms with Crippen LogP contribution < -0.4 is 5.32 Å². The Labute approximate surface area is 60.9 Å². The number of halogens is 1. The van der Waals surface area contributed by atoms with Gasteiger partial charge < -0.3 is 4.98 Å². The molecular formula is C5H3FN5. The highest BCUT2D eigenvalue weighted by Gasteiger charge is 2.19. The summed E-state index contributed by atoms with van der Waals surface area (Å²) in [6.45, 7) is 0. The molecule has 55 valence electrons. The Balaban J connectivity index is 2.54. The molecule has 1 aromatic heterocycles. The number of H-pyrrole nitrogens is 1. The molecule has 1 aliphatic heterocycles. The molecule has 0 aromatic carbocycles. The second kappa shape index (κ2) is 1.88. The Morgan fingerprint density at radius 2 is 2.36 bits per heavy atom. The van der Waals surface area contributed by atoms with Gasteiger partial charge in [-0.15, -0.1) is 0 Å². The van der Waals surface area contributed by atoms with Gasteiger partial charge in [0.25, 0.3) is 0 Å². The van der Waals surface area contributed by atoms with Gasteiger partial charge in [-0.1, -0.05) is 0 Å². The lowest BCUT2D eigenvalue weighted by molar-refractivity contribution is 0.754. The first-order valence-corrected chi connectivity index (χ1v) is 2.85. The fraction of sp³-hybridized carbons (Fsp3) is 0. The van der Waals surface area contributed by atoms with Gasteiger partial charge in [-0.05, 0) is 0 Å². The van der Waals surface area contributed by atoms with E-state index in [1.165, 1.54) is 6.33 Å². The predicted molar refractivity (Wildman–Crippen MR) is 35.8 cm³/mol. The molecule has 1 radical (unpaired) electrons. The van der Waals surface area contributed by atoms with Crippen LogP contribution in [0.2, 0.25) is 0 Å². The minimum absolute atomic E-state index is 0.200. The maximum absolute atomic E-state index is 12.4. The zero-order valence-corrected chi connectivity index (χ0v) is 5.30. The van der Waals surface area contributed by atoms with Crippen LogP contribution in [0.25, 0.3) is 0 Å². The first-order chi connectivity index (χ1) is 5.27. The molecule has 2 heterocycles. The van der Waals surface area contributed by atoms with Crippen molar-refractivity contribution in [2.45, 2.75) is 0 Å². The second-order valence-electron chi connectivity index (χ2n) is 1.94. The van der Waals surface area contributed by atoms with Crippen molar-refractivity contribution < 1.29 is 4.39 Å². The van der Waals surface area contributed by atoms with Gasteiger partial charge in [0.15, 0.2) is 17.3 Å². The van der Waals surface area contributed by atoms with Crippen molar-refractivity contribution >= 4 is 17.7 Å². The summed E-state index contributed by atoms with van der Waals surface area (Å²) in [6.07, 6.45) is 0.434. The highest BCUT2D eigenvalue weighted by Crippen LogP contribution is 2.15. The molecule has 0 spiro atoms. The molecule has 6 heteroatoms. The monoisotopic (exact) mass is 152 g/mol. The van der Waals surface area contributed by atoms with Gasteiger partial charge in [-0.3, -0.25) is 5.41 Å². The molecule has 0 amide bonds. The van der Waals surface area contributed by atoms with E-state index >= 15 is 0 Å². The Bertz CT molecular complexity index is 338. The number of nitrogens with zero attached hydrogens (tertiary/aromatic N) is 3. The summed E-state index contributed by atoms with van der Waals surface area (Å²) in [5, 5.41) is 10.5. The number of fused-ring (bicyclic) bond motifs is 1. The molecule has 2 N–H and O–H groups in total. The van der Waals surface area contributed by atoms with Crippen molar-refractivity contribution in [1.82, 2.24) is 15.3 Å². The third-order valence-corrected chi connectivity index (χ3v) is 1.25. The van der Waals surface area contributed by atoms with Crippen molar-refractivity contribution in [2.24, 2.45) is 4.99 Å². The van der Waals surface area contributed by atoms with Gasteiger partial charge >= 0.3 is 6.09 Å². The van der Waals surface area contributed by atoms with Gasteiger partial charge in [-0.2, -0.15) is 14.7 Å². The van der Waals surface area contributed by atoms with Crippen molar-refractivity contribution in [3.8, 4) is 0 Å². The fourth-order valence-corrected chi connectivity index (χ4v) is 0.808. The molecule has 0 saturated heterocycles. The van der Waals surface area contributed by atoms with E-state index in [0.29, 0.717) is 0 Å². The lowest BCUT2D eigenvalue weighted by Crippen LogP contribution is -2.16. The molecule has 0 atom stereocenters. The quantitative estimate of drug-likeness (QED) is 0.515. The van der Waals surface area contributed by atoms with Crippen LogP contribution in [-0.4, -0.2) is 21.9 Å². The van der Waals surface area contributed by atoms with Crippen LogP contribution in [0.15, 0.2) is 11.3 Å². The van der Waals surface area contributed by atoms with E-state index in [1.807, 2.05) is 0 Å². The van der Waals surface area contributed by atoms with E-state index < -0.39 is 6.09 Å². The Kier molecular flexibility index (Phi) is 1.03. The van der Waals surface area contributed by atoms with Crippen LogP contribution in [0.4, 0.5) is 10.2 Å². The zero-order valence-electron chi connectivity index (χ0n) is 5.30. The Hall–Kier alpha value is -1.72. The number of aromatic amines is 1. The van der Waals surface area contributed by atoms with E-state index in [1.54, 1.807) is 0 Å². The molecule has 1 aromatic rings. The Morgan fingerprint density at radius 3 is 3.18 bits per heavy atom. The fourth-order valence-electron chi connectivity index (χ4n) is 0.808. The summed E-state index contributed by atoms with van der Waals surface area (Å²) in [5.41, 5.74) is 0.284. The normalized spacial score (nSPS) is 15.4. The number of aromatic nitrogens is 2. The third kappa shape index (κ3) is 0.794.